The second-order valence-corrected chi connectivity index (χ2v) is 10.4. The molecule has 2 heterocycles. The van der Waals surface area contributed by atoms with Crippen LogP contribution in [-0.4, -0.2) is 42.5 Å². The first-order valence-electron chi connectivity index (χ1n) is 8.78. The molecule has 8 nitrogen and oxygen atoms in total. The summed E-state index contributed by atoms with van der Waals surface area (Å²) in [5, 5.41) is 6.97. The third-order valence-electron chi connectivity index (χ3n) is 4.30. The van der Waals surface area contributed by atoms with Gasteiger partial charge in [-0.05, 0) is 49.4 Å². The van der Waals surface area contributed by atoms with E-state index >= 15 is 0 Å². The van der Waals surface area contributed by atoms with Crippen LogP contribution in [0.15, 0.2) is 58.2 Å². The van der Waals surface area contributed by atoms with Gasteiger partial charge in [-0.2, -0.15) is 5.10 Å². The molecular formula is C19H19ClN4O4S2. The van der Waals surface area contributed by atoms with Gasteiger partial charge in [0, 0.05) is 25.8 Å². The van der Waals surface area contributed by atoms with Crippen LogP contribution < -0.4 is 10.9 Å². The van der Waals surface area contributed by atoms with Crippen LogP contribution in [0.3, 0.4) is 0 Å². The van der Waals surface area contributed by atoms with Crippen LogP contribution in [0.5, 0.6) is 0 Å². The van der Waals surface area contributed by atoms with Crippen LogP contribution in [0.2, 0.25) is 4.34 Å². The number of nitrogens with one attached hydrogen (secondary N) is 1. The molecule has 0 aliphatic carbocycles. The number of sulfonamides is 1. The Balaban J connectivity index is 1.80. The molecule has 0 aliphatic heterocycles. The zero-order chi connectivity index (χ0) is 22.1. The first-order valence-corrected chi connectivity index (χ1v) is 11.4. The number of benzene rings is 1. The largest absolute Gasteiger partial charge is 0.324 e. The number of anilines is 1. The molecule has 3 rings (SSSR count). The lowest BCUT2D eigenvalue weighted by molar-refractivity contribution is -0.119. The number of aromatic nitrogens is 2. The van der Waals surface area contributed by atoms with Crippen molar-refractivity contribution in [2.24, 2.45) is 0 Å². The predicted molar refractivity (Wildman–Crippen MR) is 117 cm³/mol. The minimum absolute atomic E-state index is 0.110. The topological polar surface area (TPSA) is 101 Å². The highest BCUT2D eigenvalue weighted by Crippen LogP contribution is 2.29. The Bertz CT molecular complexity index is 1230. The fourth-order valence-corrected chi connectivity index (χ4v) is 4.47. The molecule has 0 radical (unpaired) electrons. The molecule has 0 fully saturated rings. The molecule has 30 heavy (non-hydrogen) atoms. The van der Waals surface area contributed by atoms with Crippen LogP contribution in [0.25, 0.3) is 10.6 Å². The van der Waals surface area contributed by atoms with Crippen LogP contribution in [0.1, 0.15) is 13.0 Å². The average molecular weight is 467 g/mol. The van der Waals surface area contributed by atoms with E-state index in [0.29, 0.717) is 15.7 Å². The van der Waals surface area contributed by atoms with Crippen molar-refractivity contribution in [1.29, 1.82) is 0 Å². The van der Waals surface area contributed by atoms with Crippen molar-refractivity contribution in [2.75, 3.05) is 19.4 Å². The summed E-state index contributed by atoms with van der Waals surface area (Å²) < 4.78 is 27.1. The van der Waals surface area contributed by atoms with Crippen molar-refractivity contribution < 1.29 is 13.2 Å². The average Bonchev–Trinajstić information content (AvgIpc) is 3.14. The molecule has 3 aromatic rings. The van der Waals surface area contributed by atoms with Crippen LogP contribution in [0.4, 0.5) is 5.69 Å². The minimum Gasteiger partial charge on any atom is -0.324 e. The molecule has 158 valence electrons. The Morgan fingerprint density at radius 3 is 2.37 bits per heavy atom. The number of hydrogen-bond acceptors (Lipinski definition) is 6. The van der Waals surface area contributed by atoms with Crippen LogP contribution in [0, 0.1) is 0 Å². The summed E-state index contributed by atoms with van der Waals surface area (Å²) in [6, 6.07) is 11.3. The van der Waals surface area contributed by atoms with Gasteiger partial charge < -0.3 is 5.32 Å². The third-order valence-corrected chi connectivity index (χ3v) is 7.38. The highest BCUT2D eigenvalue weighted by Gasteiger charge is 2.20. The molecule has 1 atom stereocenters. The zero-order valence-electron chi connectivity index (χ0n) is 16.4. The van der Waals surface area contributed by atoms with Crippen LogP contribution in [-0.2, 0) is 14.8 Å². The van der Waals surface area contributed by atoms with E-state index in [2.05, 4.69) is 10.4 Å². The summed E-state index contributed by atoms with van der Waals surface area (Å²) in [5.74, 6) is -0.464. The number of carbonyl (C=O) groups is 1. The molecule has 0 aliphatic rings. The zero-order valence-corrected chi connectivity index (χ0v) is 18.8. The molecule has 1 N–H and O–H groups in total. The van der Waals surface area contributed by atoms with Gasteiger partial charge in [0.2, 0.25) is 15.9 Å². The highest BCUT2D eigenvalue weighted by atomic mass is 35.5. The van der Waals surface area contributed by atoms with Gasteiger partial charge >= 0.3 is 0 Å². The maximum Gasteiger partial charge on any atom is 0.267 e. The summed E-state index contributed by atoms with van der Waals surface area (Å²) in [5.41, 5.74) is 0.514. The fourth-order valence-electron chi connectivity index (χ4n) is 2.56. The van der Waals surface area contributed by atoms with E-state index in [9.17, 15) is 18.0 Å². The van der Waals surface area contributed by atoms with Gasteiger partial charge in [0.05, 0.1) is 14.1 Å². The van der Waals surface area contributed by atoms with Crippen molar-refractivity contribution in [3.8, 4) is 10.6 Å². The van der Waals surface area contributed by atoms with Crippen molar-refractivity contribution in [2.45, 2.75) is 17.9 Å². The second-order valence-electron chi connectivity index (χ2n) is 6.58. The monoisotopic (exact) mass is 466 g/mol. The van der Waals surface area contributed by atoms with E-state index in [4.69, 9.17) is 11.6 Å². The van der Waals surface area contributed by atoms with E-state index in [0.717, 1.165) is 13.9 Å². The maximum atomic E-state index is 12.7. The normalized spacial score (nSPS) is 12.7. The number of amides is 1. The molecule has 11 heteroatoms. The number of carbonyl (C=O) groups excluding carboxylic acids is 1. The first-order chi connectivity index (χ1) is 14.1. The van der Waals surface area contributed by atoms with E-state index in [1.165, 1.54) is 55.8 Å². The second kappa shape index (κ2) is 8.68. The predicted octanol–water partition coefficient (Wildman–Crippen LogP) is 3.08. The standard InChI is InChI=1S/C19H19ClN4O4S2/c1-12(24-18(25)11-8-15(22-24)16-9-10-17(20)29-16)19(26)21-13-4-6-14(7-5-13)30(27,28)23(2)3/h4-12H,1-3H3,(H,21,26). The first kappa shape index (κ1) is 22.2. The lowest BCUT2D eigenvalue weighted by Gasteiger charge is -2.15. The van der Waals surface area contributed by atoms with Gasteiger partial charge in [0.25, 0.3) is 5.56 Å². The molecule has 0 saturated carbocycles. The Kier molecular flexibility index (Phi) is 6.41. The Hall–Kier alpha value is -2.53. The van der Waals surface area contributed by atoms with Gasteiger partial charge in [-0.1, -0.05) is 11.6 Å². The van der Waals surface area contributed by atoms with E-state index < -0.39 is 27.5 Å². The molecule has 1 aromatic carbocycles. The summed E-state index contributed by atoms with van der Waals surface area (Å²) in [6.07, 6.45) is 0. The molecule has 0 saturated heterocycles. The molecule has 1 unspecified atom stereocenters. The van der Waals surface area contributed by atoms with Gasteiger partial charge in [-0.15, -0.1) is 11.3 Å². The van der Waals surface area contributed by atoms with Crippen LogP contribution >= 0.6 is 22.9 Å². The Morgan fingerprint density at radius 1 is 1.13 bits per heavy atom. The van der Waals surface area contributed by atoms with Crippen molar-refractivity contribution in [3.05, 3.63) is 63.2 Å². The van der Waals surface area contributed by atoms with Gasteiger partial charge in [0.15, 0.2) is 0 Å². The third kappa shape index (κ3) is 4.62. The number of hydrogen-bond donors (Lipinski definition) is 1. The summed E-state index contributed by atoms with van der Waals surface area (Å²) in [6.45, 7) is 1.56. The van der Waals surface area contributed by atoms with Crippen molar-refractivity contribution in [3.63, 3.8) is 0 Å². The molecule has 2 aromatic heterocycles. The van der Waals surface area contributed by atoms with E-state index in [1.54, 1.807) is 25.1 Å². The number of rotatable bonds is 6. The molecule has 1 amide bonds. The number of halogens is 1. The van der Waals surface area contributed by atoms with Crippen molar-refractivity contribution in [1.82, 2.24) is 14.1 Å². The lowest BCUT2D eigenvalue weighted by atomic mass is 10.2. The van der Waals surface area contributed by atoms with Gasteiger partial charge in [-0.25, -0.2) is 17.4 Å². The Morgan fingerprint density at radius 2 is 1.80 bits per heavy atom. The van der Waals surface area contributed by atoms with Gasteiger partial charge in [0.1, 0.15) is 11.7 Å². The summed E-state index contributed by atoms with van der Waals surface area (Å²) in [7, 11) is -0.679. The SMILES string of the molecule is CC(C(=O)Nc1ccc(S(=O)(=O)N(C)C)cc1)n1nc(-c2ccc(Cl)s2)ccc1=O. The molecule has 0 spiro atoms. The van der Waals surface area contributed by atoms with E-state index in [-0.39, 0.29) is 4.90 Å². The highest BCUT2D eigenvalue weighted by molar-refractivity contribution is 7.89. The smallest absolute Gasteiger partial charge is 0.267 e. The molecule has 0 bridgehead atoms. The minimum atomic E-state index is -3.56. The summed E-state index contributed by atoms with van der Waals surface area (Å²) >= 11 is 7.28. The number of nitrogens with zero attached hydrogens (tertiary/aromatic N) is 3. The summed E-state index contributed by atoms with van der Waals surface area (Å²) in [4.78, 5) is 25.8. The number of thiophene rings is 1. The van der Waals surface area contributed by atoms with Crippen molar-refractivity contribution >= 4 is 44.6 Å². The van der Waals surface area contributed by atoms with Gasteiger partial charge in [-0.3, -0.25) is 9.59 Å². The lowest BCUT2D eigenvalue weighted by Crippen LogP contribution is -2.33. The molecular weight excluding hydrogens is 448 g/mol. The fraction of sp³-hybridized carbons (Fsp3) is 0.211. The maximum absolute atomic E-state index is 12.7. The van der Waals surface area contributed by atoms with E-state index in [1.807, 2.05) is 0 Å². The quantitative estimate of drug-likeness (QED) is 0.601. The Labute approximate surface area is 182 Å².